The van der Waals surface area contributed by atoms with Crippen LogP contribution in [0.4, 0.5) is 13.2 Å². The second-order valence-corrected chi connectivity index (χ2v) is 5.80. The fourth-order valence-electron chi connectivity index (χ4n) is 1.69. The van der Waals surface area contributed by atoms with Crippen molar-refractivity contribution in [2.75, 3.05) is 13.2 Å². The Morgan fingerprint density at radius 3 is 2.52 bits per heavy atom. The maximum absolute atomic E-state index is 12.1. The molecule has 25 heavy (non-hydrogen) atoms. The first-order valence-electron chi connectivity index (χ1n) is 7.03. The van der Waals surface area contributed by atoms with Crippen molar-refractivity contribution in [1.29, 1.82) is 0 Å². The highest BCUT2D eigenvalue weighted by Crippen LogP contribution is 2.28. The molecule has 1 aromatic heterocycles. The van der Waals surface area contributed by atoms with Crippen LogP contribution in [0.15, 0.2) is 58.6 Å². The minimum absolute atomic E-state index is 0.125. The molecule has 9 heteroatoms. The van der Waals surface area contributed by atoms with Gasteiger partial charge in [-0.05, 0) is 24.3 Å². The van der Waals surface area contributed by atoms with E-state index in [0.29, 0.717) is 5.03 Å². The van der Waals surface area contributed by atoms with E-state index < -0.39 is 31.2 Å². The minimum Gasteiger partial charge on any atom is -0.452 e. The van der Waals surface area contributed by atoms with Crippen LogP contribution in [0.1, 0.15) is 10.4 Å². The maximum Gasteiger partial charge on any atom is 0.405 e. The average Bonchev–Trinajstić information content (AvgIpc) is 2.58. The van der Waals surface area contributed by atoms with Gasteiger partial charge in [0.2, 0.25) is 0 Å². The van der Waals surface area contributed by atoms with Gasteiger partial charge in [0.05, 0.1) is 5.56 Å². The van der Waals surface area contributed by atoms with E-state index in [1.165, 1.54) is 30.1 Å². The smallest absolute Gasteiger partial charge is 0.405 e. The van der Waals surface area contributed by atoms with Crippen LogP contribution in [0.2, 0.25) is 0 Å². The number of esters is 1. The number of aromatic nitrogens is 1. The Labute approximate surface area is 145 Å². The highest BCUT2D eigenvalue weighted by atomic mass is 32.2. The second kappa shape index (κ2) is 8.52. The zero-order valence-electron chi connectivity index (χ0n) is 12.7. The third kappa shape index (κ3) is 6.46. The molecule has 0 saturated carbocycles. The summed E-state index contributed by atoms with van der Waals surface area (Å²) in [5.41, 5.74) is 0.125. The number of hydrogen-bond donors (Lipinski definition) is 1. The largest absolute Gasteiger partial charge is 0.452 e. The lowest BCUT2D eigenvalue weighted by molar-refractivity contribution is -0.140. The molecule has 1 N–H and O–H groups in total. The summed E-state index contributed by atoms with van der Waals surface area (Å²) in [7, 11) is 0. The molecule has 2 aromatic rings. The first-order chi connectivity index (χ1) is 11.8. The fraction of sp³-hybridized carbons (Fsp3) is 0.188. The number of pyridine rings is 1. The lowest BCUT2D eigenvalue weighted by Gasteiger charge is -2.10. The topological polar surface area (TPSA) is 68.3 Å². The molecular formula is C16H13F3N2O3S. The molecule has 132 valence electrons. The van der Waals surface area contributed by atoms with Crippen molar-refractivity contribution in [3.05, 3.63) is 54.2 Å². The van der Waals surface area contributed by atoms with Gasteiger partial charge in [0.25, 0.3) is 5.91 Å². The van der Waals surface area contributed by atoms with E-state index in [2.05, 4.69) is 4.98 Å². The normalized spacial score (nSPS) is 11.0. The predicted octanol–water partition coefficient (Wildman–Crippen LogP) is 3.07. The fourth-order valence-corrected chi connectivity index (χ4v) is 2.58. The van der Waals surface area contributed by atoms with Gasteiger partial charge in [-0.25, -0.2) is 9.78 Å². The van der Waals surface area contributed by atoms with Gasteiger partial charge in [0.15, 0.2) is 6.61 Å². The number of nitrogens with one attached hydrogen (secondary N) is 1. The number of hydrogen-bond acceptors (Lipinski definition) is 5. The van der Waals surface area contributed by atoms with Crippen molar-refractivity contribution < 1.29 is 27.5 Å². The summed E-state index contributed by atoms with van der Waals surface area (Å²) in [5, 5.41) is 1.99. The van der Waals surface area contributed by atoms with Gasteiger partial charge >= 0.3 is 12.1 Å². The van der Waals surface area contributed by atoms with Crippen molar-refractivity contribution in [2.45, 2.75) is 16.1 Å². The summed E-state index contributed by atoms with van der Waals surface area (Å²) in [6.45, 7) is -2.29. The molecule has 0 aliphatic carbocycles. The van der Waals surface area contributed by atoms with Crippen LogP contribution >= 0.6 is 11.8 Å². The van der Waals surface area contributed by atoms with Crippen LogP contribution in [0.5, 0.6) is 0 Å². The van der Waals surface area contributed by atoms with Gasteiger partial charge in [0, 0.05) is 11.1 Å². The Morgan fingerprint density at radius 1 is 1.12 bits per heavy atom. The molecule has 1 heterocycles. The standard InChI is InChI=1S/C16H13F3N2O3S/c17-16(18,19)10-21-13(22)9-24-15(23)12-7-4-8-20-14(12)25-11-5-2-1-3-6-11/h1-8H,9-10H2,(H,21,22). The summed E-state index contributed by atoms with van der Waals surface area (Å²) >= 11 is 1.23. The first kappa shape index (κ1) is 18.8. The molecule has 0 radical (unpaired) electrons. The van der Waals surface area contributed by atoms with Gasteiger partial charge in [-0.1, -0.05) is 30.0 Å². The van der Waals surface area contributed by atoms with Crippen LogP contribution < -0.4 is 5.32 Å². The molecule has 2 rings (SSSR count). The summed E-state index contributed by atoms with van der Waals surface area (Å²) < 4.78 is 40.8. The molecule has 1 amide bonds. The van der Waals surface area contributed by atoms with Crippen molar-refractivity contribution >= 4 is 23.6 Å². The number of carbonyl (C=O) groups is 2. The van der Waals surface area contributed by atoms with Gasteiger partial charge in [0.1, 0.15) is 11.6 Å². The minimum atomic E-state index is -4.53. The SMILES string of the molecule is O=C(COC(=O)c1cccnc1Sc1ccccc1)NCC(F)(F)F. The molecule has 0 atom stereocenters. The highest BCUT2D eigenvalue weighted by Gasteiger charge is 2.28. The summed E-state index contributed by atoms with van der Waals surface area (Å²) in [6.07, 6.45) is -3.03. The van der Waals surface area contributed by atoms with Crippen LogP contribution in [0.3, 0.4) is 0 Å². The number of ether oxygens (including phenoxy) is 1. The van der Waals surface area contributed by atoms with Crippen LogP contribution in [-0.4, -0.2) is 36.2 Å². The Kier molecular flexibility index (Phi) is 6.40. The zero-order valence-corrected chi connectivity index (χ0v) is 13.6. The monoisotopic (exact) mass is 370 g/mol. The van der Waals surface area contributed by atoms with Crippen LogP contribution in [0.25, 0.3) is 0 Å². The Balaban J connectivity index is 1.97. The van der Waals surface area contributed by atoms with E-state index in [4.69, 9.17) is 4.74 Å². The van der Waals surface area contributed by atoms with E-state index in [1.54, 1.807) is 5.32 Å². The van der Waals surface area contributed by atoms with Crippen molar-refractivity contribution in [3.63, 3.8) is 0 Å². The number of halogens is 3. The first-order valence-corrected chi connectivity index (χ1v) is 7.85. The molecule has 0 bridgehead atoms. The summed E-state index contributed by atoms with van der Waals surface area (Å²) in [6, 6.07) is 12.2. The molecule has 1 aromatic carbocycles. The predicted molar refractivity (Wildman–Crippen MR) is 84.1 cm³/mol. The third-order valence-electron chi connectivity index (χ3n) is 2.77. The molecule has 0 unspecified atom stereocenters. The molecule has 0 aliphatic rings. The second-order valence-electron chi connectivity index (χ2n) is 4.74. The molecule has 0 aliphatic heterocycles. The molecular weight excluding hydrogens is 357 g/mol. The van der Waals surface area contributed by atoms with Crippen LogP contribution in [-0.2, 0) is 9.53 Å². The van der Waals surface area contributed by atoms with E-state index in [-0.39, 0.29) is 5.56 Å². The van der Waals surface area contributed by atoms with Gasteiger partial charge in [-0.15, -0.1) is 0 Å². The van der Waals surface area contributed by atoms with Crippen molar-refractivity contribution in [2.24, 2.45) is 0 Å². The number of nitrogens with zero attached hydrogens (tertiary/aromatic N) is 1. The molecule has 0 saturated heterocycles. The van der Waals surface area contributed by atoms with E-state index in [1.807, 2.05) is 30.3 Å². The van der Waals surface area contributed by atoms with Gasteiger partial charge in [-0.2, -0.15) is 13.2 Å². The van der Waals surface area contributed by atoms with Crippen LogP contribution in [0, 0.1) is 0 Å². The maximum atomic E-state index is 12.1. The number of carbonyl (C=O) groups excluding carboxylic acids is 2. The Bertz CT molecular complexity index is 739. The average molecular weight is 370 g/mol. The highest BCUT2D eigenvalue weighted by molar-refractivity contribution is 7.99. The van der Waals surface area contributed by atoms with Crippen molar-refractivity contribution in [3.8, 4) is 0 Å². The van der Waals surface area contributed by atoms with Crippen molar-refractivity contribution in [1.82, 2.24) is 10.3 Å². The number of benzene rings is 1. The van der Waals surface area contributed by atoms with Gasteiger partial charge in [-0.3, -0.25) is 4.79 Å². The molecule has 0 spiro atoms. The van der Waals surface area contributed by atoms with E-state index in [9.17, 15) is 22.8 Å². The Hall–Kier alpha value is -2.55. The van der Waals surface area contributed by atoms with E-state index >= 15 is 0 Å². The number of amides is 1. The third-order valence-corrected chi connectivity index (χ3v) is 3.80. The quantitative estimate of drug-likeness (QED) is 0.792. The Morgan fingerprint density at radius 2 is 1.84 bits per heavy atom. The lowest BCUT2D eigenvalue weighted by Crippen LogP contribution is -2.36. The number of alkyl halides is 3. The molecule has 5 nitrogen and oxygen atoms in total. The van der Waals surface area contributed by atoms with E-state index in [0.717, 1.165) is 4.90 Å². The van der Waals surface area contributed by atoms with Gasteiger partial charge < -0.3 is 10.1 Å². The summed E-state index contributed by atoms with van der Waals surface area (Å²) in [5.74, 6) is -1.87. The zero-order chi connectivity index (χ0) is 18.3. The summed E-state index contributed by atoms with van der Waals surface area (Å²) in [4.78, 5) is 28.3. The molecule has 0 fully saturated rings. The number of rotatable bonds is 6. The lowest BCUT2D eigenvalue weighted by atomic mass is 10.3.